The van der Waals surface area contributed by atoms with Crippen molar-refractivity contribution in [3.05, 3.63) is 0 Å². The third kappa shape index (κ3) is 9.82. The van der Waals surface area contributed by atoms with Gasteiger partial charge in [-0.05, 0) is 46.4 Å². The summed E-state index contributed by atoms with van der Waals surface area (Å²) in [6, 6.07) is 0.753. The lowest BCUT2D eigenvalue weighted by molar-refractivity contribution is 0.147. The molecule has 1 aliphatic rings. The molecule has 23 heavy (non-hydrogen) atoms. The molecule has 0 aliphatic carbocycles. The van der Waals surface area contributed by atoms with Gasteiger partial charge in [-0.2, -0.15) is 0 Å². The van der Waals surface area contributed by atoms with Crippen LogP contribution in [0.1, 0.15) is 58.3 Å². The molecule has 1 heterocycles. The topological polar surface area (TPSA) is 56.9 Å². The van der Waals surface area contributed by atoms with Crippen LogP contribution < -0.4 is 11.1 Å². The monoisotopic (exact) mass is 325 g/mol. The minimum atomic E-state index is 0.613. The maximum Gasteiger partial charge on any atom is 0.188 e. The van der Waals surface area contributed by atoms with Crippen LogP contribution in [0.2, 0.25) is 0 Å². The van der Waals surface area contributed by atoms with E-state index in [9.17, 15) is 0 Å². The zero-order valence-corrected chi connectivity index (χ0v) is 15.7. The fourth-order valence-corrected chi connectivity index (χ4v) is 3.15. The summed E-state index contributed by atoms with van der Waals surface area (Å²) in [6.45, 7) is 7.46. The molecule has 0 aromatic carbocycles. The van der Waals surface area contributed by atoms with Gasteiger partial charge in [-0.3, -0.25) is 4.99 Å². The Labute approximate surface area is 143 Å². The molecule has 1 saturated heterocycles. The summed E-state index contributed by atoms with van der Waals surface area (Å²) in [7, 11) is 4.37. The van der Waals surface area contributed by atoms with Crippen LogP contribution in [-0.2, 0) is 0 Å². The lowest BCUT2D eigenvalue weighted by Crippen LogP contribution is -2.45. The highest BCUT2D eigenvalue weighted by molar-refractivity contribution is 5.77. The van der Waals surface area contributed by atoms with Gasteiger partial charge in [0.1, 0.15) is 0 Å². The van der Waals surface area contributed by atoms with Crippen molar-refractivity contribution in [2.24, 2.45) is 10.7 Å². The van der Waals surface area contributed by atoms with Gasteiger partial charge in [0.2, 0.25) is 0 Å². The van der Waals surface area contributed by atoms with E-state index in [-0.39, 0.29) is 0 Å². The Balaban J connectivity index is 1.99. The Morgan fingerprint density at radius 1 is 1.13 bits per heavy atom. The fraction of sp³-hybridized carbons (Fsp3) is 0.944. The van der Waals surface area contributed by atoms with E-state index in [1.807, 2.05) is 0 Å². The highest BCUT2D eigenvalue weighted by atomic mass is 15.2. The molecule has 0 radical (unpaired) electrons. The molecule has 0 atom stereocenters. The Morgan fingerprint density at radius 2 is 1.78 bits per heavy atom. The number of unbranched alkanes of at least 4 members (excludes halogenated alkanes) is 5. The molecule has 0 bridgehead atoms. The largest absolute Gasteiger partial charge is 0.370 e. The van der Waals surface area contributed by atoms with Crippen LogP contribution in [0.3, 0.4) is 0 Å². The van der Waals surface area contributed by atoms with Crippen LogP contribution in [0, 0.1) is 0 Å². The summed E-state index contributed by atoms with van der Waals surface area (Å²) in [4.78, 5) is 9.29. The van der Waals surface area contributed by atoms with Crippen LogP contribution in [0.25, 0.3) is 0 Å². The number of nitrogens with zero attached hydrogens (tertiary/aromatic N) is 3. The van der Waals surface area contributed by atoms with E-state index in [2.05, 4.69) is 41.1 Å². The maximum atomic E-state index is 5.93. The average molecular weight is 326 g/mol. The zero-order chi connectivity index (χ0) is 16.9. The first kappa shape index (κ1) is 20.2. The van der Waals surface area contributed by atoms with E-state index in [0.717, 1.165) is 32.1 Å². The average Bonchev–Trinajstić information content (AvgIpc) is 2.54. The van der Waals surface area contributed by atoms with E-state index >= 15 is 0 Å². The smallest absolute Gasteiger partial charge is 0.188 e. The van der Waals surface area contributed by atoms with E-state index < -0.39 is 0 Å². The molecule has 0 saturated carbocycles. The van der Waals surface area contributed by atoms with Gasteiger partial charge in [0, 0.05) is 25.7 Å². The molecule has 3 N–H and O–H groups in total. The summed E-state index contributed by atoms with van der Waals surface area (Å²) < 4.78 is 0. The molecule has 0 amide bonds. The number of nitrogens with one attached hydrogen (secondary N) is 1. The van der Waals surface area contributed by atoms with Crippen molar-refractivity contribution in [2.75, 3.05) is 46.8 Å². The Hall–Kier alpha value is -0.810. The van der Waals surface area contributed by atoms with Gasteiger partial charge in [0.15, 0.2) is 5.96 Å². The molecule has 1 aliphatic heterocycles. The van der Waals surface area contributed by atoms with Crippen molar-refractivity contribution >= 4 is 5.96 Å². The van der Waals surface area contributed by atoms with E-state index in [4.69, 9.17) is 5.73 Å². The van der Waals surface area contributed by atoms with Crippen molar-refractivity contribution in [1.29, 1.82) is 0 Å². The molecule has 5 nitrogen and oxygen atoms in total. The number of rotatable bonds is 11. The number of likely N-dealkylation sites (tertiary alicyclic amines) is 1. The normalized spacial score (nSPS) is 17.8. The molecular formula is C18H39N5. The third-order valence-electron chi connectivity index (χ3n) is 4.82. The second-order valence-electron chi connectivity index (χ2n) is 7.00. The number of hydrogen-bond acceptors (Lipinski definition) is 3. The second kappa shape index (κ2) is 12.6. The van der Waals surface area contributed by atoms with Crippen LogP contribution >= 0.6 is 0 Å². The van der Waals surface area contributed by atoms with Gasteiger partial charge in [-0.15, -0.1) is 0 Å². The first-order valence-corrected chi connectivity index (χ1v) is 9.56. The van der Waals surface area contributed by atoms with Crippen LogP contribution in [0.4, 0.5) is 0 Å². The molecule has 0 aromatic heterocycles. The van der Waals surface area contributed by atoms with Gasteiger partial charge in [-0.1, -0.05) is 39.0 Å². The summed E-state index contributed by atoms with van der Waals surface area (Å²) in [5.41, 5.74) is 5.93. The van der Waals surface area contributed by atoms with E-state index in [0.29, 0.717) is 5.96 Å². The highest BCUT2D eigenvalue weighted by Crippen LogP contribution is 2.13. The third-order valence-corrected chi connectivity index (χ3v) is 4.82. The molecule has 1 fully saturated rings. The van der Waals surface area contributed by atoms with Gasteiger partial charge in [0.05, 0.1) is 0 Å². The molecule has 0 spiro atoms. The first-order chi connectivity index (χ1) is 11.1. The predicted molar refractivity (Wildman–Crippen MR) is 101 cm³/mol. The second-order valence-corrected chi connectivity index (χ2v) is 7.00. The highest BCUT2D eigenvalue weighted by Gasteiger charge is 2.19. The molecule has 136 valence electrons. The Kier molecular flexibility index (Phi) is 11.1. The molecular weight excluding hydrogens is 286 g/mol. The summed E-state index contributed by atoms with van der Waals surface area (Å²) >= 11 is 0. The first-order valence-electron chi connectivity index (χ1n) is 9.56. The predicted octanol–water partition coefficient (Wildman–Crippen LogP) is 2.28. The van der Waals surface area contributed by atoms with Crippen LogP contribution in [-0.4, -0.2) is 68.6 Å². The van der Waals surface area contributed by atoms with E-state index in [1.54, 1.807) is 0 Å². The summed E-state index contributed by atoms with van der Waals surface area (Å²) in [6.07, 6.45) is 10.3. The lowest BCUT2D eigenvalue weighted by Gasteiger charge is -2.35. The molecule has 1 rings (SSSR count). The minimum Gasteiger partial charge on any atom is -0.370 e. The van der Waals surface area contributed by atoms with Crippen molar-refractivity contribution in [1.82, 2.24) is 15.1 Å². The summed E-state index contributed by atoms with van der Waals surface area (Å²) in [5.74, 6) is 0.613. The van der Waals surface area contributed by atoms with Crippen LogP contribution in [0.15, 0.2) is 4.99 Å². The number of guanidine groups is 1. The maximum absolute atomic E-state index is 5.93. The summed E-state index contributed by atoms with van der Waals surface area (Å²) in [5, 5.41) is 3.25. The fourth-order valence-electron chi connectivity index (χ4n) is 3.15. The zero-order valence-electron chi connectivity index (χ0n) is 15.7. The van der Waals surface area contributed by atoms with Crippen molar-refractivity contribution in [3.8, 4) is 0 Å². The molecule has 0 aromatic rings. The SMILES string of the molecule is CCCCCCCCN=C(N)NCCN1CCC(N(C)C)CC1. The van der Waals surface area contributed by atoms with E-state index in [1.165, 1.54) is 58.0 Å². The van der Waals surface area contributed by atoms with Crippen molar-refractivity contribution in [2.45, 2.75) is 64.3 Å². The van der Waals surface area contributed by atoms with Gasteiger partial charge < -0.3 is 20.9 Å². The Morgan fingerprint density at radius 3 is 2.43 bits per heavy atom. The van der Waals surface area contributed by atoms with Crippen LogP contribution in [0.5, 0.6) is 0 Å². The van der Waals surface area contributed by atoms with Crippen molar-refractivity contribution in [3.63, 3.8) is 0 Å². The molecule has 0 unspecified atom stereocenters. The number of nitrogens with two attached hydrogens (primary N) is 1. The van der Waals surface area contributed by atoms with Crippen molar-refractivity contribution < 1.29 is 0 Å². The van der Waals surface area contributed by atoms with Gasteiger partial charge >= 0.3 is 0 Å². The van der Waals surface area contributed by atoms with Gasteiger partial charge in [-0.25, -0.2) is 0 Å². The van der Waals surface area contributed by atoms with Gasteiger partial charge in [0.25, 0.3) is 0 Å². The number of hydrogen-bond donors (Lipinski definition) is 2. The quantitative estimate of drug-likeness (QED) is 0.348. The Bertz CT molecular complexity index is 309. The minimum absolute atomic E-state index is 0.613. The number of aliphatic imine (C=N–C) groups is 1. The molecule has 5 heteroatoms. The number of piperidine rings is 1. The standard InChI is InChI=1S/C18H39N5/c1-4-5-6-7-8-9-12-20-18(19)21-13-16-23-14-10-17(11-15-23)22(2)3/h17H,4-16H2,1-3H3,(H3,19,20,21). The lowest BCUT2D eigenvalue weighted by atomic mass is 10.0.